The Balaban J connectivity index is 1.65. The van der Waals surface area contributed by atoms with Gasteiger partial charge in [0.05, 0.1) is 17.6 Å². The molecule has 0 spiro atoms. The molecule has 0 bridgehead atoms. The van der Waals surface area contributed by atoms with Crippen LogP contribution >= 0.6 is 0 Å². The molecule has 0 atom stereocenters. The molecule has 8 nitrogen and oxygen atoms in total. The van der Waals surface area contributed by atoms with E-state index in [2.05, 4.69) is 10.0 Å². The number of amides is 1. The quantitative estimate of drug-likeness (QED) is 0.465. The van der Waals surface area contributed by atoms with Crippen molar-refractivity contribution in [1.82, 2.24) is 0 Å². The highest BCUT2D eigenvalue weighted by Crippen LogP contribution is 2.22. The van der Waals surface area contributed by atoms with Crippen molar-refractivity contribution in [3.8, 4) is 5.75 Å². The summed E-state index contributed by atoms with van der Waals surface area (Å²) in [6.07, 6.45) is 0. The SMILES string of the molecule is COc1ccc(NS(=O)(=O)c2cccc(C(=O)OCC(=O)Nc3c(C)cc(C)cc3C)c2)cc1. The molecule has 178 valence electrons. The summed E-state index contributed by atoms with van der Waals surface area (Å²) in [5, 5.41) is 2.75. The molecule has 9 heteroatoms. The first-order chi connectivity index (χ1) is 16.1. The smallest absolute Gasteiger partial charge is 0.338 e. The third-order valence-corrected chi connectivity index (χ3v) is 6.38. The van der Waals surface area contributed by atoms with Gasteiger partial charge >= 0.3 is 5.97 Å². The highest BCUT2D eigenvalue weighted by Gasteiger charge is 2.18. The van der Waals surface area contributed by atoms with Crippen molar-refractivity contribution < 1.29 is 27.5 Å². The molecule has 0 saturated carbocycles. The van der Waals surface area contributed by atoms with E-state index in [0.29, 0.717) is 17.1 Å². The Morgan fingerprint density at radius 1 is 0.912 bits per heavy atom. The maximum absolute atomic E-state index is 12.7. The van der Waals surface area contributed by atoms with Crippen LogP contribution in [0.5, 0.6) is 5.75 Å². The van der Waals surface area contributed by atoms with Crippen LogP contribution in [0.15, 0.2) is 65.6 Å². The lowest BCUT2D eigenvalue weighted by Gasteiger charge is -2.13. The number of sulfonamides is 1. The summed E-state index contributed by atoms with van der Waals surface area (Å²) in [5.41, 5.74) is 3.90. The molecule has 34 heavy (non-hydrogen) atoms. The number of esters is 1. The summed E-state index contributed by atoms with van der Waals surface area (Å²) < 4.78 is 38.1. The van der Waals surface area contributed by atoms with Crippen LogP contribution in [-0.4, -0.2) is 34.0 Å². The molecule has 0 aliphatic carbocycles. The van der Waals surface area contributed by atoms with Crippen LogP contribution in [0.4, 0.5) is 11.4 Å². The Kier molecular flexibility index (Phi) is 7.57. The van der Waals surface area contributed by atoms with Gasteiger partial charge in [0.15, 0.2) is 6.61 Å². The summed E-state index contributed by atoms with van der Waals surface area (Å²) in [7, 11) is -2.44. The second-order valence-corrected chi connectivity index (χ2v) is 9.44. The number of rotatable bonds is 8. The van der Waals surface area contributed by atoms with Gasteiger partial charge in [0.1, 0.15) is 5.75 Å². The summed E-state index contributed by atoms with van der Waals surface area (Å²) in [4.78, 5) is 24.6. The highest BCUT2D eigenvalue weighted by molar-refractivity contribution is 7.92. The van der Waals surface area contributed by atoms with E-state index in [9.17, 15) is 18.0 Å². The number of carbonyl (C=O) groups excluding carboxylic acids is 2. The number of ether oxygens (including phenoxy) is 2. The van der Waals surface area contributed by atoms with E-state index < -0.39 is 28.5 Å². The van der Waals surface area contributed by atoms with Crippen LogP contribution in [0.25, 0.3) is 0 Å². The van der Waals surface area contributed by atoms with E-state index >= 15 is 0 Å². The second-order valence-electron chi connectivity index (χ2n) is 7.76. The van der Waals surface area contributed by atoms with Crippen molar-refractivity contribution in [2.24, 2.45) is 0 Å². The van der Waals surface area contributed by atoms with Crippen LogP contribution in [0, 0.1) is 20.8 Å². The lowest BCUT2D eigenvalue weighted by Crippen LogP contribution is -2.22. The normalized spacial score (nSPS) is 10.9. The Labute approximate surface area is 199 Å². The average Bonchev–Trinajstić information content (AvgIpc) is 2.80. The molecule has 0 aromatic heterocycles. The number of methoxy groups -OCH3 is 1. The van der Waals surface area contributed by atoms with Crippen molar-refractivity contribution in [3.63, 3.8) is 0 Å². The van der Waals surface area contributed by atoms with Gasteiger partial charge in [-0.05, 0) is 74.4 Å². The Morgan fingerprint density at radius 3 is 2.18 bits per heavy atom. The number of hydrogen-bond acceptors (Lipinski definition) is 6. The maximum Gasteiger partial charge on any atom is 0.338 e. The molecule has 0 aliphatic heterocycles. The molecule has 0 saturated heterocycles. The molecular weight excluding hydrogens is 456 g/mol. The molecule has 3 aromatic rings. The van der Waals surface area contributed by atoms with Gasteiger partial charge in [0.25, 0.3) is 15.9 Å². The first-order valence-corrected chi connectivity index (χ1v) is 11.9. The Hall–Kier alpha value is -3.85. The number of anilines is 2. The van der Waals surface area contributed by atoms with Crippen LogP contribution in [0.2, 0.25) is 0 Å². The van der Waals surface area contributed by atoms with E-state index in [1.807, 2.05) is 32.9 Å². The van der Waals surface area contributed by atoms with Gasteiger partial charge in [0, 0.05) is 11.4 Å². The third-order valence-electron chi connectivity index (χ3n) is 5.00. The van der Waals surface area contributed by atoms with Gasteiger partial charge in [-0.25, -0.2) is 13.2 Å². The van der Waals surface area contributed by atoms with Crippen molar-refractivity contribution in [1.29, 1.82) is 0 Å². The van der Waals surface area contributed by atoms with Crippen molar-refractivity contribution in [3.05, 3.63) is 82.9 Å². The first-order valence-electron chi connectivity index (χ1n) is 10.4. The molecule has 2 N–H and O–H groups in total. The molecule has 0 fully saturated rings. The van der Waals surface area contributed by atoms with E-state index in [0.717, 1.165) is 16.7 Å². The Morgan fingerprint density at radius 2 is 1.56 bits per heavy atom. The fraction of sp³-hybridized carbons (Fsp3) is 0.200. The molecule has 0 radical (unpaired) electrons. The average molecular weight is 483 g/mol. The highest BCUT2D eigenvalue weighted by atomic mass is 32.2. The molecular formula is C25H26N2O6S. The van der Waals surface area contributed by atoms with Crippen LogP contribution in [0.3, 0.4) is 0 Å². The molecule has 3 rings (SSSR count). The second kappa shape index (κ2) is 10.4. The largest absolute Gasteiger partial charge is 0.497 e. The number of nitrogens with one attached hydrogen (secondary N) is 2. The standard InChI is InChI=1S/C25H26N2O6S/c1-16-12-17(2)24(18(3)13-16)26-23(28)15-33-25(29)19-6-5-7-22(14-19)34(30,31)27-20-8-10-21(32-4)11-9-20/h5-14,27H,15H2,1-4H3,(H,26,28). The zero-order chi connectivity index (χ0) is 24.9. The lowest BCUT2D eigenvalue weighted by atomic mass is 10.1. The molecule has 1 amide bonds. The first kappa shape index (κ1) is 24.8. The fourth-order valence-electron chi connectivity index (χ4n) is 3.43. The maximum atomic E-state index is 12.7. The minimum Gasteiger partial charge on any atom is -0.497 e. The van der Waals surface area contributed by atoms with Crippen molar-refractivity contribution >= 4 is 33.3 Å². The molecule has 3 aromatic carbocycles. The fourth-order valence-corrected chi connectivity index (χ4v) is 4.53. The Bertz CT molecular complexity index is 1290. The number of hydrogen-bond donors (Lipinski definition) is 2. The van der Waals surface area contributed by atoms with E-state index in [4.69, 9.17) is 9.47 Å². The molecule has 0 heterocycles. The minimum atomic E-state index is -3.95. The zero-order valence-corrected chi connectivity index (χ0v) is 20.2. The summed E-state index contributed by atoms with van der Waals surface area (Å²) in [6.45, 7) is 5.22. The topological polar surface area (TPSA) is 111 Å². The predicted molar refractivity (Wildman–Crippen MR) is 130 cm³/mol. The molecule has 0 unspecified atom stereocenters. The molecule has 0 aliphatic rings. The zero-order valence-electron chi connectivity index (χ0n) is 19.3. The summed E-state index contributed by atoms with van der Waals surface area (Å²) >= 11 is 0. The van der Waals surface area contributed by atoms with Crippen LogP contribution in [-0.2, 0) is 19.6 Å². The van der Waals surface area contributed by atoms with E-state index in [1.165, 1.54) is 31.4 Å². The third kappa shape index (κ3) is 6.14. The summed E-state index contributed by atoms with van der Waals surface area (Å²) in [5.74, 6) is -0.716. The lowest BCUT2D eigenvalue weighted by molar-refractivity contribution is -0.119. The monoisotopic (exact) mass is 482 g/mol. The van der Waals surface area contributed by atoms with Crippen LogP contribution < -0.4 is 14.8 Å². The van der Waals surface area contributed by atoms with Crippen molar-refractivity contribution in [2.75, 3.05) is 23.8 Å². The van der Waals surface area contributed by atoms with E-state index in [1.54, 1.807) is 24.3 Å². The van der Waals surface area contributed by atoms with Gasteiger partial charge in [-0.2, -0.15) is 0 Å². The number of benzene rings is 3. The number of carbonyl (C=O) groups is 2. The van der Waals surface area contributed by atoms with Gasteiger partial charge in [0.2, 0.25) is 0 Å². The summed E-state index contributed by atoms with van der Waals surface area (Å²) in [6, 6.07) is 15.7. The van der Waals surface area contributed by atoms with E-state index in [-0.39, 0.29) is 10.5 Å². The van der Waals surface area contributed by atoms with Gasteiger partial charge < -0.3 is 14.8 Å². The minimum absolute atomic E-state index is 0.00750. The van der Waals surface area contributed by atoms with Gasteiger partial charge in [-0.15, -0.1) is 0 Å². The van der Waals surface area contributed by atoms with Gasteiger partial charge in [-0.1, -0.05) is 23.8 Å². The van der Waals surface area contributed by atoms with Crippen molar-refractivity contribution in [2.45, 2.75) is 25.7 Å². The van der Waals surface area contributed by atoms with Crippen LogP contribution in [0.1, 0.15) is 27.0 Å². The van der Waals surface area contributed by atoms with Gasteiger partial charge in [-0.3, -0.25) is 9.52 Å². The number of aryl methyl sites for hydroxylation is 3. The predicted octanol–water partition coefficient (Wildman–Crippen LogP) is 4.22.